The number of carbonyl (C=O) groups is 1. The van der Waals surface area contributed by atoms with Gasteiger partial charge < -0.3 is 9.64 Å². The molecular weight excluding hydrogens is 295 g/mol. The summed E-state index contributed by atoms with van der Waals surface area (Å²) in [6.07, 6.45) is -1.24. The van der Waals surface area contributed by atoms with Crippen molar-refractivity contribution in [3.05, 3.63) is 29.8 Å². The molecule has 2 atom stereocenters. The third kappa shape index (κ3) is 2.97. The van der Waals surface area contributed by atoms with Crippen molar-refractivity contribution < 1.29 is 22.7 Å². The second-order valence-electron chi connectivity index (χ2n) is 6.13. The minimum atomic E-state index is -4.79. The summed E-state index contributed by atoms with van der Waals surface area (Å²) in [6.45, 7) is 0. The van der Waals surface area contributed by atoms with Crippen LogP contribution in [-0.2, 0) is 0 Å². The molecule has 1 aromatic carbocycles. The third-order valence-corrected chi connectivity index (χ3v) is 4.85. The van der Waals surface area contributed by atoms with Crippen molar-refractivity contribution in [1.29, 1.82) is 0 Å². The van der Waals surface area contributed by atoms with Gasteiger partial charge in [-0.15, -0.1) is 13.2 Å². The van der Waals surface area contributed by atoms with Gasteiger partial charge in [-0.25, -0.2) is 0 Å². The van der Waals surface area contributed by atoms with E-state index in [1.54, 1.807) is 6.07 Å². The fourth-order valence-electron chi connectivity index (χ4n) is 3.73. The topological polar surface area (TPSA) is 29.5 Å². The van der Waals surface area contributed by atoms with Crippen LogP contribution in [-0.4, -0.2) is 36.2 Å². The lowest BCUT2D eigenvalue weighted by Crippen LogP contribution is -2.42. The molecule has 2 aliphatic rings. The van der Waals surface area contributed by atoms with Crippen molar-refractivity contribution >= 4 is 5.78 Å². The lowest BCUT2D eigenvalue weighted by atomic mass is 9.85. The summed E-state index contributed by atoms with van der Waals surface area (Å²) in [7, 11) is 2.06. The van der Waals surface area contributed by atoms with Crippen molar-refractivity contribution in [2.24, 2.45) is 5.92 Å². The first-order chi connectivity index (χ1) is 10.3. The van der Waals surface area contributed by atoms with E-state index in [0.717, 1.165) is 12.8 Å². The second kappa shape index (κ2) is 5.57. The molecule has 0 aliphatic carbocycles. The number of nitrogens with zero attached hydrogens (tertiary/aromatic N) is 1. The van der Waals surface area contributed by atoms with E-state index < -0.39 is 12.1 Å². The summed E-state index contributed by atoms with van der Waals surface area (Å²) in [5, 5.41) is 0. The number of carbonyl (C=O) groups excluding carboxylic acids is 1. The zero-order valence-electron chi connectivity index (χ0n) is 12.3. The van der Waals surface area contributed by atoms with Gasteiger partial charge in [-0.3, -0.25) is 4.79 Å². The molecule has 2 bridgehead atoms. The van der Waals surface area contributed by atoms with Crippen LogP contribution in [0.3, 0.4) is 0 Å². The molecular formula is C16H18F3NO2. The second-order valence-corrected chi connectivity index (χ2v) is 6.13. The Morgan fingerprint density at radius 1 is 1.18 bits per heavy atom. The molecule has 2 heterocycles. The number of hydrogen-bond donors (Lipinski definition) is 0. The number of fused-ring (bicyclic) bond motifs is 2. The summed E-state index contributed by atoms with van der Waals surface area (Å²) in [5.74, 6) is -0.845. The van der Waals surface area contributed by atoms with Gasteiger partial charge in [0.15, 0.2) is 5.78 Å². The standard InChI is InChI=1S/C16H18F3NO2/c1-20-11-6-7-12(20)9-10(8-11)15(21)13-4-2-3-5-14(13)22-16(17,18)19/h2-5,10-12H,6-9H2,1H3. The van der Waals surface area contributed by atoms with Gasteiger partial charge in [-0.1, -0.05) is 12.1 Å². The molecule has 120 valence electrons. The van der Waals surface area contributed by atoms with Crippen LogP contribution < -0.4 is 4.74 Å². The Morgan fingerprint density at radius 2 is 1.77 bits per heavy atom. The molecule has 3 rings (SSSR count). The summed E-state index contributed by atoms with van der Waals surface area (Å²) < 4.78 is 41.4. The van der Waals surface area contributed by atoms with E-state index >= 15 is 0 Å². The largest absolute Gasteiger partial charge is 0.573 e. The minimum absolute atomic E-state index is 0.0359. The number of benzene rings is 1. The smallest absolute Gasteiger partial charge is 0.405 e. The van der Waals surface area contributed by atoms with Crippen molar-refractivity contribution in [3.8, 4) is 5.75 Å². The van der Waals surface area contributed by atoms with E-state index in [1.165, 1.54) is 18.2 Å². The maximum atomic E-state index is 12.7. The van der Waals surface area contributed by atoms with Crippen LogP contribution in [0.5, 0.6) is 5.75 Å². The van der Waals surface area contributed by atoms with Crippen LogP contribution in [0.2, 0.25) is 0 Å². The van der Waals surface area contributed by atoms with Gasteiger partial charge in [0.05, 0.1) is 5.56 Å². The van der Waals surface area contributed by atoms with E-state index in [1.807, 2.05) is 0 Å². The Hall–Kier alpha value is -1.56. The van der Waals surface area contributed by atoms with Crippen LogP contribution in [0, 0.1) is 5.92 Å². The Morgan fingerprint density at radius 3 is 2.36 bits per heavy atom. The first-order valence-corrected chi connectivity index (χ1v) is 7.46. The van der Waals surface area contributed by atoms with Gasteiger partial charge in [0, 0.05) is 18.0 Å². The molecule has 0 radical (unpaired) electrons. The number of hydrogen-bond acceptors (Lipinski definition) is 3. The number of alkyl halides is 3. The highest BCUT2D eigenvalue weighted by Crippen LogP contribution is 2.40. The Labute approximate surface area is 127 Å². The summed E-state index contributed by atoms with van der Waals surface area (Å²) in [4.78, 5) is 15.0. The lowest BCUT2D eigenvalue weighted by molar-refractivity contribution is -0.274. The van der Waals surface area contributed by atoms with E-state index in [-0.39, 0.29) is 17.3 Å². The molecule has 2 unspecified atom stereocenters. The number of rotatable bonds is 3. The zero-order valence-corrected chi connectivity index (χ0v) is 12.3. The van der Waals surface area contributed by atoms with E-state index in [0.29, 0.717) is 24.9 Å². The summed E-state index contributed by atoms with van der Waals surface area (Å²) in [6, 6.07) is 6.36. The molecule has 2 fully saturated rings. The summed E-state index contributed by atoms with van der Waals surface area (Å²) in [5.41, 5.74) is 0.0359. The average Bonchev–Trinajstić information content (AvgIpc) is 2.67. The molecule has 2 aliphatic heterocycles. The first-order valence-electron chi connectivity index (χ1n) is 7.46. The molecule has 0 saturated carbocycles. The maximum Gasteiger partial charge on any atom is 0.573 e. The number of ether oxygens (including phenoxy) is 1. The highest BCUT2D eigenvalue weighted by atomic mass is 19.4. The van der Waals surface area contributed by atoms with Gasteiger partial charge in [0.1, 0.15) is 5.75 Å². The molecule has 0 aromatic heterocycles. The molecule has 2 saturated heterocycles. The van der Waals surface area contributed by atoms with E-state index in [2.05, 4.69) is 16.7 Å². The molecule has 0 N–H and O–H groups in total. The molecule has 22 heavy (non-hydrogen) atoms. The predicted octanol–water partition coefficient (Wildman–Crippen LogP) is 3.64. The summed E-state index contributed by atoms with van der Waals surface area (Å²) >= 11 is 0. The number of para-hydroxylation sites is 1. The van der Waals surface area contributed by atoms with Gasteiger partial charge in [-0.2, -0.15) is 0 Å². The molecule has 1 aromatic rings. The van der Waals surface area contributed by atoms with Crippen molar-refractivity contribution in [3.63, 3.8) is 0 Å². The van der Waals surface area contributed by atoms with Gasteiger partial charge in [0.2, 0.25) is 0 Å². The Kier molecular flexibility index (Phi) is 3.89. The van der Waals surface area contributed by atoms with Gasteiger partial charge in [-0.05, 0) is 44.9 Å². The quantitative estimate of drug-likeness (QED) is 0.798. The van der Waals surface area contributed by atoms with Gasteiger partial charge in [0.25, 0.3) is 0 Å². The highest BCUT2D eigenvalue weighted by molar-refractivity contribution is 6.00. The third-order valence-electron chi connectivity index (χ3n) is 4.85. The van der Waals surface area contributed by atoms with Crippen molar-refractivity contribution in [1.82, 2.24) is 4.90 Å². The Bertz CT molecular complexity index is 559. The molecule has 0 spiro atoms. The van der Waals surface area contributed by atoms with Crippen LogP contribution in [0.4, 0.5) is 13.2 Å². The first kappa shape index (κ1) is 15.3. The monoisotopic (exact) mass is 313 g/mol. The van der Waals surface area contributed by atoms with Crippen molar-refractivity contribution in [2.45, 2.75) is 44.1 Å². The molecule has 3 nitrogen and oxygen atoms in total. The lowest BCUT2D eigenvalue weighted by Gasteiger charge is -2.35. The number of halogens is 3. The zero-order chi connectivity index (χ0) is 15.9. The highest BCUT2D eigenvalue weighted by Gasteiger charge is 2.42. The Balaban J connectivity index is 1.81. The number of Topliss-reactive ketones (excluding diaryl/α,β-unsaturated/α-hetero) is 1. The minimum Gasteiger partial charge on any atom is -0.405 e. The van der Waals surface area contributed by atoms with Crippen LogP contribution in [0.15, 0.2) is 24.3 Å². The van der Waals surface area contributed by atoms with Gasteiger partial charge >= 0.3 is 6.36 Å². The average molecular weight is 313 g/mol. The fraction of sp³-hybridized carbons (Fsp3) is 0.562. The predicted molar refractivity (Wildman–Crippen MR) is 74.8 cm³/mol. The van der Waals surface area contributed by atoms with Crippen LogP contribution in [0.1, 0.15) is 36.0 Å². The van der Waals surface area contributed by atoms with Crippen molar-refractivity contribution in [2.75, 3.05) is 7.05 Å². The SMILES string of the molecule is CN1C2CCC1CC(C(=O)c1ccccc1OC(F)(F)F)C2. The van der Waals surface area contributed by atoms with E-state index in [4.69, 9.17) is 0 Å². The van der Waals surface area contributed by atoms with Crippen LogP contribution in [0.25, 0.3) is 0 Å². The molecule has 6 heteroatoms. The van der Waals surface area contributed by atoms with E-state index in [9.17, 15) is 18.0 Å². The number of piperidine rings is 1. The number of ketones is 1. The maximum absolute atomic E-state index is 12.7. The van der Waals surface area contributed by atoms with Crippen LogP contribution >= 0.6 is 0 Å². The molecule has 0 amide bonds. The normalized spacial score (nSPS) is 28.6. The fourth-order valence-corrected chi connectivity index (χ4v) is 3.73.